The van der Waals surface area contributed by atoms with Crippen LogP contribution in [0.15, 0.2) is 18.2 Å². The molecule has 0 aromatic heterocycles. The number of anilines is 2. The van der Waals surface area contributed by atoms with Gasteiger partial charge in [0.15, 0.2) is 0 Å². The fourth-order valence-electron chi connectivity index (χ4n) is 1.65. The van der Waals surface area contributed by atoms with Crippen LogP contribution in [0.25, 0.3) is 0 Å². The first-order valence-electron chi connectivity index (χ1n) is 7.02. The van der Waals surface area contributed by atoms with E-state index in [0.717, 1.165) is 17.7 Å². The fraction of sp³-hybridized carbons (Fsp3) is 0.562. The number of rotatable bonds is 6. The summed E-state index contributed by atoms with van der Waals surface area (Å²) in [6, 6.07) is 5.50. The zero-order valence-electron chi connectivity index (χ0n) is 13.0. The van der Waals surface area contributed by atoms with Crippen LogP contribution >= 0.6 is 0 Å². The monoisotopic (exact) mass is 278 g/mol. The van der Waals surface area contributed by atoms with Gasteiger partial charge in [0.1, 0.15) is 0 Å². The predicted molar refractivity (Wildman–Crippen MR) is 83.7 cm³/mol. The molecule has 0 heterocycles. The van der Waals surface area contributed by atoms with Gasteiger partial charge in [-0.15, -0.1) is 0 Å². The highest BCUT2D eigenvalue weighted by atomic mass is 16.5. The molecule has 0 unspecified atom stereocenters. The first-order chi connectivity index (χ1) is 9.29. The molecule has 1 amide bonds. The van der Waals surface area contributed by atoms with Gasteiger partial charge in [0.2, 0.25) is 5.91 Å². The third-order valence-corrected chi connectivity index (χ3v) is 3.12. The van der Waals surface area contributed by atoms with E-state index in [1.165, 1.54) is 0 Å². The highest BCUT2D eigenvalue weighted by Gasteiger charge is 2.10. The Morgan fingerprint density at radius 1 is 1.30 bits per heavy atom. The molecule has 0 saturated carbocycles. The zero-order chi connectivity index (χ0) is 15.2. The van der Waals surface area contributed by atoms with Crippen LogP contribution < -0.4 is 11.1 Å². The first-order valence-corrected chi connectivity index (χ1v) is 7.02. The average Bonchev–Trinajstić information content (AvgIpc) is 2.33. The summed E-state index contributed by atoms with van der Waals surface area (Å²) in [6.45, 7) is 9.55. The second-order valence-electron chi connectivity index (χ2n) is 6.24. The summed E-state index contributed by atoms with van der Waals surface area (Å²) in [5.74, 6) is -0.0468. The molecule has 0 spiro atoms. The molecule has 4 heteroatoms. The van der Waals surface area contributed by atoms with E-state index in [-0.39, 0.29) is 11.3 Å². The van der Waals surface area contributed by atoms with Crippen LogP contribution in [0.5, 0.6) is 0 Å². The van der Waals surface area contributed by atoms with Crippen molar-refractivity contribution in [2.45, 2.75) is 40.5 Å². The van der Waals surface area contributed by atoms with Gasteiger partial charge >= 0.3 is 0 Å². The van der Waals surface area contributed by atoms with E-state index in [1.54, 1.807) is 0 Å². The first kappa shape index (κ1) is 16.5. The quantitative estimate of drug-likeness (QED) is 0.619. The van der Waals surface area contributed by atoms with Crippen LogP contribution in [0.3, 0.4) is 0 Å². The molecule has 0 aliphatic heterocycles. The van der Waals surface area contributed by atoms with Gasteiger partial charge in [-0.2, -0.15) is 0 Å². The lowest BCUT2D eigenvalue weighted by molar-refractivity contribution is -0.117. The van der Waals surface area contributed by atoms with Crippen LogP contribution in [0, 0.1) is 12.3 Å². The Labute approximate surface area is 121 Å². The number of hydrogen-bond donors (Lipinski definition) is 2. The van der Waals surface area contributed by atoms with Gasteiger partial charge in [0.25, 0.3) is 0 Å². The van der Waals surface area contributed by atoms with Gasteiger partial charge in [-0.1, -0.05) is 26.8 Å². The summed E-state index contributed by atoms with van der Waals surface area (Å²) < 4.78 is 5.49. The molecule has 4 nitrogen and oxygen atoms in total. The van der Waals surface area contributed by atoms with E-state index in [0.29, 0.717) is 25.3 Å². The molecule has 20 heavy (non-hydrogen) atoms. The third kappa shape index (κ3) is 6.06. The van der Waals surface area contributed by atoms with Crippen molar-refractivity contribution < 1.29 is 9.53 Å². The molecule has 3 N–H and O–H groups in total. The van der Waals surface area contributed by atoms with E-state index in [2.05, 4.69) is 26.1 Å². The molecule has 0 bridgehead atoms. The molecule has 1 aromatic carbocycles. The number of benzene rings is 1. The van der Waals surface area contributed by atoms with Gasteiger partial charge in [0, 0.05) is 18.0 Å². The molecule has 112 valence electrons. The Kier molecular flexibility index (Phi) is 6.02. The van der Waals surface area contributed by atoms with Crippen molar-refractivity contribution in [2.24, 2.45) is 5.41 Å². The maximum absolute atomic E-state index is 11.8. The van der Waals surface area contributed by atoms with Crippen molar-refractivity contribution >= 4 is 17.3 Å². The average molecular weight is 278 g/mol. The minimum absolute atomic E-state index is 0.0468. The number of amides is 1. The van der Waals surface area contributed by atoms with Crippen LogP contribution in [0.1, 0.15) is 39.2 Å². The second-order valence-corrected chi connectivity index (χ2v) is 6.24. The van der Waals surface area contributed by atoms with Crippen molar-refractivity contribution in [3.63, 3.8) is 0 Å². The van der Waals surface area contributed by atoms with Crippen LogP contribution in [-0.4, -0.2) is 19.1 Å². The highest BCUT2D eigenvalue weighted by molar-refractivity contribution is 5.92. The summed E-state index contributed by atoms with van der Waals surface area (Å²) in [5.41, 5.74) is 8.42. The summed E-state index contributed by atoms with van der Waals surface area (Å²) in [5, 5.41) is 2.86. The van der Waals surface area contributed by atoms with Gasteiger partial charge in [-0.3, -0.25) is 4.79 Å². The van der Waals surface area contributed by atoms with E-state index in [4.69, 9.17) is 10.5 Å². The Bertz CT molecular complexity index is 450. The SMILES string of the molecule is Cc1c(N)cccc1NC(=O)CCOCCC(C)(C)C. The van der Waals surface area contributed by atoms with Crippen molar-refractivity contribution in [1.82, 2.24) is 0 Å². The Morgan fingerprint density at radius 2 is 2.00 bits per heavy atom. The van der Waals surface area contributed by atoms with Crippen molar-refractivity contribution in [3.8, 4) is 0 Å². The minimum Gasteiger partial charge on any atom is -0.398 e. The van der Waals surface area contributed by atoms with Gasteiger partial charge in [-0.25, -0.2) is 0 Å². The van der Waals surface area contributed by atoms with Crippen molar-refractivity contribution in [1.29, 1.82) is 0 Å². The van der Waals surface area contributed by atoms with Crippen LogP contribution in [0.2, 0.25) is 0 Å². The molecular weight excluding hydrogens is 252 g/mol. The third-order valence-electron chi connectivity index (χ3n) is 3.12. The smallest absolute Gasteiger partial charge is 0.226 e. The maximum Gasteiger partial charge on any atom is 0.226 e. The van der Waals surface area contributed by atoms with Crippen LogP contribution in [-0.2, 0) is 9.53 Å². The number of carbonyl (C=O) groups is 1. The lowest BCUT2D eigenvalue weighted by Crippen LogP contribution is -2.16. The maximum atomic E-state index is 11.8. The van der Waals surface area contributed by atoms with Crippen molar-refractivity contribution in [2.75, 3.05) is 24.3 Å². The Hall–Kier alpha value is -1.55. The van der Waals surface area contributed by atoms with Gasteiger partial charge < -0.3 is 15.8 Å². The summed E-state index contributed by atoms with van der Waals surface area (Å²) in [7, 11) is 0. The lowest BCUT2D eigenvalue weighted by atomic mass is 9.93. The minimum atomic E-state index is -0.0468. The van der Waals surface area contributed by atoms with Gasteiger partial charge in [0.05, 0.1) is 13.0 Å². The van der Waals surface area contributed by atoms with E-state index in [1.807, 2.05) is 25.1 Å². The molecule has 0 saturated heterocycles. The number of nitrogen functional groups attached to an aromatic ring is 1. The molecule has 0 fully saturated rings. The van der Waals surface area contributed by atoms with Crippen molar-refractivity contribution in [3.05, 3.63) is 23.8 Å². The lowest BCUT2D eigenvalue weighted by Gasteiger charge is -2.17. The van der Waals surface area contributed by atoms with E-state index >= 15 is 0 Å². The zero-order valence-corrected chi connectivity index (χ0v) is 13.0. The Balaban J connectivity index is 2.29. The molecule has 0 aliphatic carbocycles. The summed E-state index contributed by atoms with van der Waals surface area (Å²) in [6.07, 6.45) is 1.35. The summed E-state index contributed by atoms with van der Waals surface area (Å²) in [4.78, 5) is 11.8. The Morgan fingerprint density at radius 3 is 2.65 bits per heavy atom. The molecule has 0 aliphatic rings. The number of ether oxygens (including phenoxy) is 1. The second kappa shape index (κ2) is 7.29. The normalized spacial score (nSPS) is 11.4. The number of carbonyl (C=O) groups excluding carboxylic acids is 1. The standard InChI is InChI=1S/C16H26N2O2/c1-12-13(17)6-5-7-14(12)18-15(19)8-10-20-11-9-16(2,3)4/h5-7H,8-11,17H2,1-4H3,(H,18,19). The van der Waals surface area contributed by atoms with E-state index < -0.39 is 0 Å². The molecule has 1 rings (SSSR count). The number of hydrogen-bond acceptors (Lipinski definition) is 3. The van der Waals surface area contributed by atoms with E-state index in [9.17, 15) is 4.79 Å². The van der Waals surface area contributed by atoms with Gasteiger partial charge in [-0.05, 0) is 36.5 Å². The molecule has 0 atom stereocenters. The highest BCUT2D eigenvalue weighted by Crippen LogP contribution is 2.20. The molecule has 1 aromatic rings. The summed E-state index contributed by atoms with van der Waals surface area (Å²) >= 11 is 0. The molecule has 0 radical (unpaired) electrons. The topological polar surface area (TPSA) is 64.3 Å². The predicted octanol–water partition coefficient (Wildman–Crippen LogP) is 3.36. The number of nitrogens with two attached hydrogens (primary N) is 1. The van der Waals surface area contributed by atoms with Crippen LogP contribution in [0.4, 0.5) is 11.4 Å². The molecular formula is C16H26N2O2. The fourth-order valence-corrected chi connectivity index (χ4v) is 1.65. The largest absolute Gasteiger partial charge is 0.398 e. The number of nitrogens with one attached hydrogen (secondary N) is 1.